The summed E-state index contributed by atoms with van der Waals surface area (Å²) in [5.41, 5.74) is 15.6. The minimum Gasteiger partial charge on any atom is -0.309 e. The lowest BCUT2D eigenvalue weighted by Crippen LogP contribution is -2.28. The van der Waals surface area contributed by atoms with Gasteiger partial charge in [0.15, 0.2) is 7.14 Å². The average Bonchev–Trinajstić information content (AvgIpc) is 3.75. The second-order valence-corrected chi connectivity index (χ2v) is 15.8. The highest BCUT2D eigenvalue weighted by atomic mass is 31.2. The molecule has 0 atom stereocenters. The molecule has 3 aliphatic carbocycles. The molecule has 0 saturated carbocycles. The van der Waals surface area contributed by atoms with Crippen LogP contribution in [0.1, 0.15) is 60.1 Å². The monoisotopic (exact) mass is 598 g/mol. The summed E-state index contributed by atoms with van der Waals surface area (Å²) in [6.07, 6.45) is 3.78. The predicted molar refractivity (Wildman–Crippen MR) is 189 cm³/mol. The van der Waals surface area contributed by atoms with Crippen LogP contribution in [0.5, 0.6) is 0 Å². The van der Waals surface area contributed by atoms with E-state index >= 15 is 4.57 Å². The fourth-order valence-electron chi connectivity index (χ4n) is 8.75. The Balaban J connectivity index is 1.26. The molecular weight excluding hydrogens is 563 g/mol. The molecule has 0 aromatic heterocycles. The molecule has 6 aromatic rings. The van der Waals surface area contributed by atoms with E-state index in [1.807, 2.05) is 0 Å². The maximum Gasteiger partial charge on any atom is 0.171 e. The maximum atomic E-state index is 16.2. The molecule has 0 N–H and O–H groups in total. The standard InChI is InChI=1S/C43H35OP/c1-3-43(4-2)41-16-10-9-15-39(41)40-22-19-34(27-42(40)43)45(44,32-17-20-37-30(25-32)23-28-11-5-7-13-35(28)37)33-18-21-38-31(26-33)24-29-12-6-8-14-36(29)38/h5-22,25-27H,3-4,23-24H2,1-2H3. The Hall–Kier alpha value is -4.45. The molecule has 2 heteroatoms. The second-order valence-electron chi connectivity index (χ2n) is 13.0. The second kappa shape index (κ2) is 9.77. The van der Waals surface area contributed by atoms with Gasteiger partial charge in [-0.1, -0.05) is 123 Å². The van der Waals surface area contributed by atoms with E-state index in [0.29, 0.717) is 0 Å². The van der Waals surface area contributed by atoms with Gasteiger partial charge < -0.3 is 4.57 Å². The molecule has 218 valence electrons. The third kappa shape index (κ3) is 3.65. The van der Waals surface area contributed by atoms with E-state index in [1.54, 1.807) is 0 Å². The molecule has 0 bridgehead atoms. The van der Waals surface area contributed by atoms with Crippen LogP contribution in [0.2, 0.25) is 0 Å². The van der Waals surface area contributed by atoms with Crippen LogP contribution in [0.15, 0.2) is 127 Å². The highest BCUT2D eigenvalue weighted by Crippen LogP contribution is 2.54. The molecule has 0 unspecified atom stereocenters. The third-order valence-corrected chi connectivity index (χ3v) is 14.1. The minimum atomic E-state index is -3.24. The van der Waals surface area contributed by atoms with E-state index in [9.17, 15) is 0 Å². The van der Waals surface area contributed by atoms with Gasteiger partial charge in [-0.25, -0.2) is 0 Å². The molecule has 0 amide bonds. The van der Waals surface area contributed by atoms with E-state index < -0.39 is 7.14 Å². The Bertz CT molecular complexity index is 2130. The maximum absolute atomic E-state index is 16.2. The highest BCUT2D eigenvalue weighted by molar-refractivity contribution is 7.85. The topological polar surface area (TPSA) is 17.1 Å². The Labute approximate surface area is 266 Å². The van der Waals surface area contributed by atoms with Crippen molar-refractivity contribution < 1.29 is 4.57 Å². The average molecular weight is 599 g/mol. The minimum absolute atomic E-state index is 0.0775. The molecule has 9 rings (SSSR count). The van der Waals surface area contributed by atoms with Crippen LogP contribution in [0.3, 0.4) is 0 Å². The van der Waals surface area contributed by atoms with Crippen LogP contribution in [-0.2, 0) is 22.8 Å². The van der Waals surface area contributed by atoms with Gasteiger partial charge in [0.1, 0.15) is 0 Å². The lowest BCUT2D eigenvalue weighted by atomic mass is 9.74. The summed E-state index contributed by atoms with van der Waals surface area (Å²) in [6.45, 7) is 4.61. The van der Waals surface area contributed by atoms with E-state index in [0.717, 1.165) is 41.6 Å². The molecule has 3 aliphatic rings. The van der Waals surface area contributed by atoms with Crippen LogP contribution in [0.4, 0.5) is 0 Å². The lowest BCUT2D eigenvalue weighted by molar-refractivity contribution is 0.490. The number of hydrogen-bond donors (Lipinski definition) is 0. The van der Waals surface area contributed by atoms with Gasteiger partial charge in [0, 0.05) is 21.3 Å². The van der Waals surface area contributed by atoms with Gasteiger partial charge >= 0.3 is 0 Å². The van der Waals surface area contributed by atoms with Gasteiger partial charge in [0.25, 0.3) is 0 Å². The van der Waals surface area contributed by atoms with Crippen molar-refractivity contribution in [2.45, 2.75) is 44.9 Å². The predicted octanol–water partition coefficient (Wildman–Crippen LogP) is 9.55. The Morgan fingerprint density at radius 1 is 0.467 bits per heavy atom. The zero-order valence-electron chi connectivity index (χ0n) is 25.8. The first kappa shape index (κ1) is 26.9. The zero-order chi connectivity index (χ0) is 30.3. The molecule has 0 saturated heterocycles. The summed E-state index contributed by atoms with van der Waals surface area (Å²) in [4.78, 5) is 0. The van der Waals surface area contributed by atoms with E-state index in [2.05, 4.69) is 141 Å². The summed E-state index contributed by atoms with van der Waals surface area (Å²) in [5.74, 6) is 0. The van der Waals surface area contributed by atoms with Crippen molar-refractivity contribution >= 4 is 23.1 Å². The smallest absolute Gasteiger partial charge is 0.171 e. The molecule has 45 heavy (non-hydrogen) atoms. The molecule has 0 fully saturated rings. The van der Waals surface area contributed by atoms with Gasteiger partial charge in [-0.15, -0.1) is 0 Å². The van der Waals surface area contributed by atoms with Crippen LogP contribution < -0.4 is 15.9 Å². The van der Waals surface area contributed by atoms with Crippen molar-refractivity contribution in [1.29, 1.82) is 0 Å². The Morgan fingerprint density at radius 2 is 0.889 bits per heavy atom. The molecule has 1 nitrogen and oxygen atoms in total. The van der Waals surface area contributed by atoms with Crippen molar-refractivity contribution in [3.8, 4) is 33.4 Å². The molecular formula is C43H35OP. The molecule has 0 radical (unpaired) electrons. The number of rotatable bonds is 5. The van der Waals surface area contributed by atoms with Crippen LogP contribution in [-0.4, -0.2) is 0 Å². The van der Waals surface area contributed by atoms with Crippen molar-refractivity contribution in [3.05, 3.63) is 161 Å². The quantitative estimate of drug-likeness (QED) is 0.180. The van der Waals surface area contributed by atoms with Gasteiger partial charge in [0.05, 0.1) is 0 Å². The van der Waals surface area contributed by atoms with Crippen LogP contribution >= 0.6 is 7.14 Å². The summed E-state index contributed by atoms with van der Waals surface area (Å²) in [6, 6.07) is 46.2. The summed E-state index contributed by atoms with van der Waals surface area (Å²) >= 11 is 0. The van der Waals surface area contributed by atoms with Crippen molar-refractivity contribution in [3.63, 3.8) is 0 Å². The van der Waals surface area contributed by atoms with Crippen molar-refractivity contribution in [2.24, 2.45) is 0 Å². The van der Waals surface area contributed by atoms with Crippen LogP contribution in [0, 0.1) is 0 Å². The fraction of sp³-hybridized carbons (Fsp3) is 0.163. The molecule has 6 aromatic carbocycles. The SMILES string of the molecule is CCC1(CC)c2ccccc2-c2ccc(P(=O)(c3ccc4c(c3)Cc3ccccc3-4)c3ccc4c(c3)Cc3ccccc3-4)cc21. The molecule has 0 heterocycles. The summed E-state index contributed by atoms with van der Waals surface area (Å²) in [7, 11) is -3.24. The van der Waals surface area contributed by atoms with E-state index in [4.69, 9.17) is 0 Å². The first-order chi connectivity index (χ1) is 22.0. The van der Waals surface area contributed by atoms with E-state index in [1.165, 1.54) is 66.8 Å². The van der Waals surface area contributed by atoms with Gasteiger partial charge in [0.2, 0.25) is 0 Å². The van der Waals surface area contributed by atoms with Gasteiger partial charge in [-0.3, -0.25) is 0 Å². The van der Waals surface area contributed by atoms with Gasteiger partial charge in [-0.2, -0.15) is 0 Å². The first-order valence-electron chi connectivity index (χ1n) is 16.3. The summed E-state index contributed by atoms with van der Waals surface area (Å²) < 4.78 is 16.2. The summed E-state index contributed by atoms with van der Waals surface area (Å²) in [5, 5.41) is 2.79. The zero-order valence-corrected chi connectivity index (χ0v) is 26.7. The highest BCUT2D eigenvalue weighted by Gasteiger charge is 2.42. The number of fused-ring (bicyclic) bond motifs is 9. The Kier molecular flexibility index (Phi) is 5.84. The molecule has 0 spiro atoms. The number of benzene rings is 6. The van der Waals surface area contributed by atoms with Crippen molar-refractivity contribution in [1.82, 2.24) is 0 Å². The Morgan fingerprint density at radius 3 is 1.44 bits per heavy atom. The third-order valence-electron chi connectivity index (χ3n) is 11.1. The molecule has 0 aliphatic heterocycles. The first-order valence-corrected chi connectivity index (χ1v) is 18.0. The van der Waals surface area contributed by atoms with Crippen LogP contribution in [0.25, 0.3) is 33.4 Å². The lowest BCUT2D eigenvalue weighted by Gasteiger charge is -2.30. The van der Waals surface area contributed by atoms with Gasteiger partial charge in [-0.05, 0) is 111 Å². The van der Waals surface area contributed by atoms with Crippen molar-refractivity contribution in [2.75, 3.05) is 0 Å². The van der Waals surface area contributed by atoms with E-state index in [-0.39, 0.29) is 5.41 Å². The fourth-order valence-corrected chi connectivity index (χ4v) is 11.5. The number of hydrogen-bond acceptors (Lipinski definition) is 1. The largest absolute Gasteiger partial charge is 0.309 e. The normalized spacial score (nSPS) is 14.7.